The average Bonchev–Trinajstić information content (AvgIpc) is 3.07. The van der Waals surface area contributed by atoms with Crippen LogP contribution in [0.5, 0.6) is 0 Å². The van der Waals surface area contributed by atoms with Crippen LogP contribution in [-0.4, -0.2) is 57.7 Å². The molecule has 0 radical (unpaired) electrons. The second kappa shape index (κ2) is 9.36. The zero-order valence-corrected chi connectivity index (χ0v) is 15.8. The molecule has 0 bridgehead atoms. The van der Waals surface area contributed by atoms with Crippen molar-refractivity contribution in [3.63, 3.8) is 0 Å². The number of rotatable bonds is 6. The lowest BCUT2D eigenvalue weighted by Crippen LogP contribution is -2.42. The van der Waals surface area contributed by atoms with Crippen LogP contribution in [0.4, 0.5) is 0 Å². The van der Waals surface area contributed by atoms with Gasteiger partial charge in [-0.2, -0.15) is 0 Å². The van der Waals surface area contributed by atoms with Crippen molar-refractivity contribution in [3.05, 3.63) is 24.2 Å². The van der Waals surface area contributed by atoms with E-state index >= 15 is 0 Å². The zero-order valence-electron chi connectivity index (χ0n) is 12.6. The van der Waals surface area contributed by atoms with Gasteiger partial charge in [0.2, 0.25) is 10.0 Å². The second-order valence-corrected chi connectivity index (χ2v) is 6.91. The first-order valence-electron chi connectivity index (χ1n) is 7.06. The number of nitrogens with zero attached hydrogens (tertiary/aromatic N) is 2. The van der Waals surface area contributed by atoms with Gasteiger partial charge in [0.1, 0.15) is 5.76 Å². The van der Waals surface area contributed by atoms with Gasteiger partial charge < -0.3 is 15.1 Å². The third-order valence-corrected chi connectivity index (χ3v) is 5.28. The summed E-state index contributed by atoms with van der Waals surface area (Å²) in [6.07, 6.45) is 3.14. The van der Waals surface area contributed by atoms with Gasteiger partial charge in [0.15, 0.2) is 5.96 Å². The Morgan fingerprint density at radius 2 is 2.18 bits per heavy atom. The average molecular weight is 442 g/mol. The molecule has 0 aromatic carbocycles. The largest absolute Gasteiger partial charge is 0.469 e. The Labute approximate surface area is 148 Å². The molecule has 2 rings (SSSR count). The summed E-state index contributed by atoms with van der Waals surface area (Å²) >= 11 is 0. The van der Waals surface area contributed by atoms with Gasteiger partial charge in [0.05, 0.1) is 12.0 Å². The molecule has 2 N–H and O–H groups in total. The van der Waals surface area contributed by atoms with Crippen LogP contribution in [0.3, 0.4) is 0 Å². The van der Waals surface area contributed by atoms with E-state index in [-0.39, 0.29) is 29.7 Å². The van der Waals surface area contributed by atoms with Gasteiger partial charge in [-0.15, -0.1) is 24.0 Å². The molecule has 0 atom stereocenters. The second-order valence-electron chi connectivity index (χ2n) is 4.82. The highest BCUT2D eigenvalue weighted by molar-refractivity contribution is 14.0. The molecule has 0 amide bonds. The van der Waals surface area contributed by atoms with Crippen LogP contribution in [-0.2, 0) is 16.4 Å². The van der Waals surface area contributed by atoms with E-state index in [1.54, 1.807) is 13.3 Å². The highest BCUT2D eigenvalue weighted by atomic mass is 127. The molecule has 0 saturated carbocycles. The fourth-order valence-corrected chi connectivity index (χ4v) is 3.75. The SMILES string of the molecule is CN=C(NCCc1ccco1)NCCN1CCCS1(=O)=O.I. The molecular weight excluding hydrogens is 419 g/mol. The van der Waals surface area contributed by atoms with Crippen molar-refractivity contribution in [2.75, 3.05) is 39.0 Å². The van der Waals surface area contributed by atoms with Gasteiger partial charge in [-0.25, -0.2) is 12.7 Å². The summed E-state index contributed by atoms with van der Waals surface area (Å²) in [5.41, 5.74) is 0. The van der Waals surface area contributed by atoms with Crippen molar-refractivity contribution >= 4 is 40.0 Å². The molecule has 0 spiro atoms. The van der Waals surface area contributed by atoms with Gasteiger partial charge in [0.25, 0.3) is 0 Å². The van der Waals surface area contributed by atoms with Crippen molar-refractivity contribution in [1.82, 2.24) is 14.9 Å². The molecule has 1 aliphatic heterocycles. The van der Waals surface area contributed by atoms with Crippen molar-refractivity contribution in [1.29, 1.82) is 0 Å². The van der Waals surface area contributed by atoms with Gasteiger partial charge in [-0.05, 0) is 18.6 Å². The van der Waals surface area contributed by atoms with Crippen LogP contribution in [0.1, 0.15) is 12.2 Å². The van der Waals surface area contributed by atoms with Crippen LogP contribution in [0.2, 0.25) is 0 Å². The van der Waals surface area contributed by atoms with Crippen LogP contribution in [0, 0.1) is 0 Å². The van der Waals surface area contributed by atoms with Gasteiger partial charge in [-0.3, -0.25) is 4.99 Å². The fourth-order valence-electron chi connectivity index (χ4n) is 2.22. The Balaban J connectivity index is 0.00000242. The molecule has 0 unspecified atom stereocenters. The van der Waals surface area contributed by atoms with E-state index in [9.17, 15) is 8.42 Å². The quantitative estimate of drug-likeness (QED) is 0.384. The molecule has 1 aromatic rings. The van der Waals surface area contributed by atoms with Crippen LogP contribution < -0.4 is 10.6 Å². The number of furan rings is 1. The lowest BCUT2D eigenvalue weighted by atomic mass is 10.3. The molecule has 126 valence electrons. The first-order chi connectivity index (χ1) is 10.1. The third-order valence-electron chi connectivity index (χ3n) is 3.32. The minimum Gasteiger partial charge on any atom is -0.469 e. The van der Waals surface area contributed by atoms with E-state index < -0.39 is 10.0 Å². The Morgan fingerprint density at radius 1 is 1.41 bits per heavy atom. The topological polar surface area (TPSA) is 86.9 Å². The van der Waals surface area contributed by atoms with E-state index in [0.29, 0.717) is 32.1 Å². The van der Waals surface area contributed by atoms with Crippen molar-refractivity contribution in [2.45, 2.75) is 12.8 Å². The van der Waals surface area contributed by atoms with Gasteiger partial charge in [-0.1, -0.05) is 0 Å². The predicted molar refractivity (Wildman–Crippen MR) is 97.2 cm³/mol. The van der Waals surface area contributed by atoms with E-state index in [0.717, 1.165) is 18.6 Å². The maximum Gasteiger partial charge on any atom is 0.214 e. The Morgan fingerprint density at radius 3 is 2.77 bits per heavy atom. The number of halogens is 1. The van der Waals surface area contributed by atoms with E-state index in [1.165, 1.54) is 4.31 Å². The maximum atomic E-state index is 11.7. The summed E-state index contributed by atoms with van der Waals surface area (Å²) in [7, 11) is -1.33. The Kier molecular flexibility index (Phi) is 8.18. The maximum absolute atomic E-state index is 11.7. The lowest BCUT2D eigenvalue weighted by molar-refractivity contribution is 0.445. The van der Waals surface area contributed by atoms with E-state index in [4.69, 9.17) is 4.42 Å². The van der Waals surface area contributed by atoms with Gasteiger partial charge >= 0.3 is 0 Å². The number of hydrogen-bond donors (Lipinski definition) is 2. The molecule has 1 fully saturated rings. The molecule has 7 nitrogen and oxygen atoms in total. The van der Waals surface area contributed by atoms with Crippen molar-refractivity contribution in [3.8, 4) is 0 Å². The monoisotopic (exact) mass is 442 g/mol. The fraction of sp³-hybridized carbons (Fsp3) is 0.615. The molecule has 1 aliphatic rings. The minimum atomic E-state index is -3.02. The Bertz CT molecular complexity index is 560. The third kappa shape index (κ3) is 5.76. The first-order valence-corrected chi connectivity index (χ1v) is 8.67. The molecular formula is C13H23IN4O3S. The zero-order chi connectivity index (χ0) is 15.1. The molecule has 2 heterocycles. The van der Waals surface area contributed by atoms with Crippen LogP contribution in [0.15, 0.2) is 27.8 Å². The molecule has 9 heteroatoms. The van der Waals surface area contributed by atoms with Crippen molar-refractivity contribution < 1.29 is 12.8 Å². The van der Waals surface area contributed by atoms with E-state index in [2.05, 4.69) is 15.6 Å². The molecule has 1 aromatic heterocycles. The Hall–Kier alpha value is -0.810. The number of nitrogens with one attached hydrogen (secondary N) is 2. The van der Waals surface area contributed by atoms with E-state index in [1.807, 2.05) is 12.1 Å². The minimum absolute atomic E-state index is 0. The van der Waals surface area contributed by atoms with Crippen LogP contribution >= 0.6 is 24.0 Å². The van der Waals surface area contributed by atoms with Gasteiger partial charge in [0, 0.05) is 39.6 Å². The summed E-state index contributed by atoms with van der Waals surface area (Å²) in [5, 5.41) is 6.28. The lowest BCUT2D eigenvalue weighted by Gasteiger charge is -2.16. The summed E-state index contributed by atoms with van der Waals surface area (Å²) < 4.78 is 30.1. The molecule has 1 saturated heterocycles. The summed E-state index contributed by atoms with van der Waals surface area (Å²) in [5.74, 6) is 1.85. The number of hydrogen-bond acceptors (Lipinski definition) is 4. The smallest absolute Gasteiger partial charge is 0.214 e. The molecule has 0 aliphatic carbocycles. The summed E-state index contributed by atoms with van der Waals surface area (Å²) in [6, 6.07) is 3.79. The standard InChI is InChI=1S/C13H22N4O3S.HI/c1-14-13(15-6-5-12-4-2-10-20-12)16-7-9-17-8-3-11-21(17,18)19;/h2,4,10H,3,5-9,11H2,1H3,(H2,14,15,16);1H. The normalized spacial score (nSPS) is 18.0. The highest BCUT2D eigenvalue weighted by Gasteiger charge is 2.27. The first kappa shape index (κ1) is 19.2. The highest BCUT2D eigenvalue weighted by Crippen LogP contribution is 2.11. The van der Waals surface area contributed by atoms with Crippen molar-refractivity contribution in [2.24, 2.45) is 4.99 Å². The number of aliphatic imine (C=N–C) groups is 1. The van der Waals surface area contributed by atoms with Crippen LogP contribution in [0.25, 0.3) is 0 Å². The summed E-state index contributed by atoms with van der Waals surface area (Å²) in [6.45, 7) is 2.34. The summed E-state index contributed by atoms with van der Waals surface area (Å²) in [4.78, 5) is 4.10. The number of guanidine groups is 1. The predicted octanol–water partition coefficient (Wildman–Crippen LogP) is 0.641. The molecule has 22 heavy (non-hydrogen) atoms. The number of sulfonamides is 1.